The van der Waals surface area contributed by atoms with Crippen LogP contribution in [-0.4, -0.2) is 23.2 Å². The molecule has 16 heavy (non-hydrogen) atoms. The second-order valence-electron chi connectivity index (χ2n) is 3.03. The van der Waals surface area contributed by atoms with Crippen molar-refractivity contribution in [3.63, 3.8) is 0 Å². The molecule has 0 radical (unpaired) electrons. The number of aromatic nitrogens is 1. The maximum absolute atomic E-state index is 10.7. The molecular weight excluding hydrogens is 210 g/mol. The Morgan fingerprint density at radius 1 is 1.44 bits per heavy atom. The van der Waals surface area contributed by atoms with Crippen molar-refractivity contribution in [2.45, 2.75) is 0 Å². The van der Waals surface area contributed by atoms with Crippen molar-refractivity contribution in [3.8, 4) is 17.2 Å². The maximum atomic E-state index is 10.7. The molecule has 0 saturated heterocycles. The Balaban J connectivity index is 2.46. The van der Waals surface area contributed by atoms with E-state index in [1.807, 2.05) is 0 Å². The Labute approximate surface area is 91.3 Å². The van der Waals surface area contributed by atoms with Crippen LogP contribution in [0.2, 0.25) is 0 Å². The van der Waals surface area contributed by atoms with Gasteiger partial charge in [0, 0.05) is 6.20 Å². The molecule has 0 amide bonds. The number of nitrogens with zero attached hydrogens (tertiary/aromatic N) is 1. The van der Waals surface area contributed by atoms with Crippen LogP contribution in [0.4, 0.5) is 0 Å². The SMILES string of the molecule is COc1ncccc1-c1ccc(C(=O)O)o1. The molecule has 0 unspecified atom stereocenters. The first kappa shape index (κ1) is 10.2. The second kappa shape index (κ2) is 4.06. The summed E-state index contributed by atoms with van der Waals surface area (Å²) >= 11 is 0. The summed E-state index contributed by atoms with van der Waals surface area (Å²) in [4.78, 5) is 14.7. The third-order valence-electron chi connectivity index (χ3n) is 2.05. The van der Waals surface area contributed by atoms with Gasteiger partial charge in [-0.3, -0.25) is 0 Å². The summed E-state index contributed by atoms with van der Waals surface area (Å²) in [6, 6.07) is 6.43. The van der Waals surface area contributed by atoms with Gasteiger partial charge in [0.15, 0.2) is 0 Å². The molecule has 0 spiro atoms. The van der Waals surface area contributed by atoms with Gasteiger partial charge in [-0.1, -0.05) is 0 Å². The fourth-order valence-electron chi connectivity index (χ4n) is 1.34. The highest BCUT2D eigenvalue weighted by molar-refractivity contribution is 5.85. The Bertz CT molecular complexity index is 518. The Morgan fingerprint density at radius 2 is 2.25 bits per heavy atom. The van der Waals surface area contributed by atoms with E-state index in [4.69, 9.17) is 14.3 Å². The lowest BCUT2D eigenvalue weighted by molar-refractivity contribution is 0.0663. The first-order valence-electron chi connectivity index (χ1n) is 4.55. The van der Waals surface area contributed by atoms with Crippen LogP contribution >= 0.6 is 0 Å². The van der Waals surface area contributed by atoms with Crippen LogP contribution in [0.5, 0.6) is 5.88 Å². The Kier molecular flexibility index (Phi) is 2.59. The minimum absolute atomic E-state index is 0.110. The number of carboxylic acids is 1. The third kappa shape index (κ3) is 1.75. The van der Waals surface area contributed by atoms with E-state index in [0.29, 0.717) is 17.2 Å². The number of methoxy groups -OCH3 is 1. The van der Waals surface area contributed by atoms with Gasteiger partial charge >= 0.3 is 5.97 Å². The number of aromatic carboxylic acids is 1. The third-order valence-corrected chi connectivity index (χ3v) is 2.05. The van der Waals surface area contributed by atoms with Crippen LogP contribution in [0.15, 0.2) is 34.9 Å². The van der Waals surface area contributed by atoms with Crippen molar-refractivity contribution < 1.29 is 19.1 Å². The van der Waals surface area contributed by atoms with Gasteiger partial charge in [-0.2, -0.15) is 0 Å². The van der Waals surface area contributed by atoms with Gasteiger partial charge in [0.1, 0.15) is 5.76 Å². The van der Waals surface area contributed by atoms with Gasteiger partial charge in [0.05, 0.1) is 12.7 Å². The van der Waals surface area contributed by atoms with Crippen LogP contribution in [0.1, 0.15) is 10.6 Å². The minimum Gasteiger partial charge on any atom is -0.480 e. The predicted molar refractivity (Wildman–Crippen MR) is 55.5 cm³/mol. The average Bonchev–Trinajstić information content (AvgIpc) is 2.78. The molecule has 0 aliphatic rings. The molecule has 2 heterocycles. The predicted octanol–water partition coefficient (Wildman–Crippen LogP) is 2.05. The molecule has 2 aromatic heterocycles. The number of carboxylic acid groups (broad SMARTS) is 1. The van der Waals surface area contributed by atoms with Gasteiger partial charge in [0.25, 0.3) is 0 Å². The van der Waals surface area contributed by atoms with E-state index in [1.54, 1.807) is 24.4 Å². The average molecular weight is 219 g/mol. The van der Waals surface area contributed by atoms with Gasteiger partial charge in [0.2, 0.25) is 11.6 Å². The Morgan fingerprint density at radius 3 is 2.88 bits per heavy atom. The van der Waals surface area contributed by atoms with E-state index in [-0.39, 0.29) is 5.76 Å². The topological polar surface area (TPSA) is 72.6 Å². The molecule has 0 aromatic carbocycles. The maximum Gasteiger partial charge on any atom is 0.371 e. The van der Waals surface area contributed by atoms with Gasteiger partial charge < -0.3 is 14.3 Å². The molecule has 1 N–H and O–H groups in total. The fourth-order valence-corrected chi connectivity index (χ4v) is 1.34. The lowest BCUT2D eigenvalue weighted by Crippen LogP contribution is -1.92. The lowest BCUT2D eigenvalue weighted by Gasteiger charge is -2.03. The summed E-state index contributed by atoms with van der Waals surface area (Å²) in [7, 11) is 1.49. The first-order valence-corrected chi connectivity index (χ1v) is 4.55. The highest BCUT2D eigenvalue weighted by atomic mass is 16.5. The van der Waals surface area contributed by atoms with Crippen molar-refractivity contribution in [2.75, 3.05) is 7.11 Å². The van der Waals surface area contributed by atoms with Crippen molar-refractivity contribution in [1.82, 2.24) is 4.98 Å². The zero-order valence-corrected chi connectivity index (χ0v) is 8.51. The van der Waals surface area contributed by atoms with Crippen LogP contribution in [0.3, 0.4) is 0 Å². The molecule has 0 bridgehead atoms. The smallest absolute Gasteiger partial charge is 0.371 e. The summed E-state index contributed by atoms with van der Waals surface area (Å²) in [6.45, 7) is 0. The molecule has 0 atom stereocenters. The van der Waals surface area contributed by atoms with Gasteiger partial charge in [-0.25, -0.2) is 9.78 Å². The number of rotatable bonds is 3. The van der Waals surface area contributed by atoms with Gasteiger partial charge in [-0.05, 0) is 24.3 Å². The molecule has 0 aliphatic carbocycles. The highest BCUT2D eigenvalue weighted by Gasteiger charge is 2.13. The number of pyridine rings is 1. The molecule has 0 saturated carbocycles. The minimum atomic E-state index is -1.10. The zero-order chi connectivity index (χ0) is 11.5. The monoisotopic (exact) mass is 219 g/mol. The van der Waals surface area contributed by atoms with Crippen molar-refractivity contribution in [1.29, 1.82) is 0 Å². The van der Waals surface area contributed by atoms with Crippen LogP contribution < -0.4 is 4.74 Å². The second-order valence-corrected chi connectivity index (χ2v) is 3.03. The highest BCUT2D eigenvalue weighted by Crippen LogP contribution is 2.28. The summed E-state index contributed by atoms with van der Waals surface area (Å²) < 4.78 is 10.2. The normalized spacial score (nSPS) is 10.1. The summed E-state index contributed by atoms with van der Waals surface area (Å²) in [5, 5.41) is 8.73. The number of carbonyl (C=O) groups is 1. The number of furan rings is 1. The molecule has 5 heteroatoms. The molecule has 5 nitrogen and oxygen atoms in total. The molecular formula is C11H9NO4. The molecule has 2 rings (SSSR count). The van der Waals surface area contributed by atoms with E-state index in [0.717, 1.165) is 0 Å². The van der Waals surface area contributed by atoms with E-state index >= 15 is 0 Å². The summed E-state index contributed by atoms with van der Waals surface area (Å²) in [6.07, 6.45) is 1.59. The van der Waals surface area contributed by atoms with Crippen LogP contribution in [0, 0.1) is 0 Å². The van der Waals surface area contributed by atoms with E-state index in [1.165, 1.54) is 13.2 Å². The molecule has 0 aliphatic heterocycles. The summed E-state index contributed by atoms with van der Waals surface area (Å²) in [5.41, 5.74) is 0.623. The van der Waals surface area contributed by atoms with E-state index in [2.05, 4.69) is 4.98 Å². The fraction of sp³-hybridized carbons (Fsp3) is 0.0909. The van der Waals surface area contributed by atoms with Gasteiger partial charge in [-0.15, -0.1) is 0 Å². The Hall–Kier alpha value is -2.30. The standard InChI is InChI=1S/C11H9NO4/c1-15-10-7(3-2-6-12-10)8-4-5-9(16-8)11(13)14/h2-6H,1H3,(H,13,14). The molecule has 82 valence electrons. The zero-order valence-electron chi connectivity index (χ0n) is 8.51. The van der Waals surface area contributed by atoms with E-state index < -0.39 is 5.97 Å². The van der Waals surface area contributed by atoms with Crippen LogP contribution in [0.25, 0.3) is 11.3 Å². The number of hydrogen-bond donors (Lipinski definition) is 1. The number of ether oxygens (including phenoxy) is 1. The van der Waals surface area contributed by atoms with Crippen LogP contribution in [-0.2, 0) is 0 Å². The van der Waals surface area contributed by atoms with E-state index in [9.17, 15) is 4.79 Å². The molecule has 0 fully saturated rings. The quantitative estimate of drug-likeness (QED) is 0.855. The summed E-state index contributed by atoms with van der Waals surface area (Å²) in [5.74, 6) is -0.397. The van der Waals surface area contributed by atoms with Crippen molar-refractivity contribution >= 4 is 5.97 Å². The first-order chi connectivity index (χ1) is 7.72. The lowest BCUT2D eigenvalue weighted by atomic mass is 10.2. The van der Waals surface area contributed by atoms with Crippen molar-refractivity contribution in [3.05, 3.63) is 36.2 Å². The number of hydrogen-bond acceptors (Lipinski definition) is 4. The largest absolute Gasteiger partial charge is 0.480 e. The molecule has 2 aromatic rings. The van der Waals surface area contributed by atoms with Crippen molar-refractivity contribution in [2.24, 2.45) is 0 Å².